The molecule has 2 unspecified atom stereocenters. The van der Waals surface area contributed by atoms with Crippen LogP contribution in [0.4, 0.5) is 4.79 Å². The van der Waals surface area contributed by atoms with Crippen LogP contribution in [-0.2, 0) is 4.79 Å². The van der Waals surface area contributed by atoms with E-state index in [1.807, 2.05) is 14.1 Å². The first kappa shape index (κ1) is 16.5. The highest BCUT2D eigenvalue weighted by Gasteiger charge is 2.23. The quantitative estimate of drug-likeness (QED) is 0.576. The average molecular weight is 284 g/mol. The summed E-state index contributed by atoms with van der Waals surface area (Å²) < 4.78 is 0. The molecule has 1 rings (SSSR count). The topological polar surface area (TPSA) is 84.9 Å². The minimum atomic E-state index is -1.06. The number of piperazine rings is 1. The first-order valence-corrected chi connectivity index (χ1v) is 6.71. The predicted molar refractivity (Wildman–Crippen MR) is 76.7 cm³/mol. The molecule has 0 bridgehead atoms. The molecule has 20 heavy (non-hydrogen) atoms. The van der Waals surface area contributed by atoms with Gasteiger partial charge in [-0.1, -0.05) is 6.08 Å². The van der Waals surface area contributed by atoms with Crippen LogP contribution in [-0.4, -0.2) is 79.3 Å². The molecule has 1 heterocycles. The number of amides is 2. The van der Waals surface area contributed by atoms with Crippen LogP contribution in [0.2, 0.25) is 0 Å². The van der Waals surface area contributed by atoms with Crippen molar-refractivity contribution < 1.29 is 14.7 Å². The van der Waals surface area contributed by atoms with Gasteiger partial charge in [0.1, 0.15) is 6.04 Å². The molecule has 0 aromatic carbocycles. The second-order valence-corrected chi connectivity index (χ2v) is 5.17. The maximum absolute atomic E-state index is 11.7. The number of rotatable bonds is 6. The van der Waals surface area contributed by atoms with Crippen LogP contribution in [0.25, 0.3) is 0 Å². The summed E-state index contributed by atoms with van der Waals surface area (Å²) >= 11 is 0. The van der Waals surface area contributed by atoms with E-state index >= 15 is 0 Å². The van der Waals surface area contributed by atoms with Gasteiger partial charge in [-0.15, -0.1) is 6.58 Å². The molecule has 2 atom stereocenters. The minimum absolute atomic E-state index is 0.203. The molecular weight excluding hydrogens is 260 g/mol. The zero-order valence-electron chi connectivity index (χ0n) is 12.1. The molecule has 0 aromatic heterocycles. The van der Waals surface area contributed by atoms with Gasteiger partial charge in [0, 0.05) is 32.2 Å². The van der Waals surface area contributed by atoms with E-state index in [0.29, 0.717) is 6.54 Å². The van der Waals surface area contributed by atoms with Crippen molar-refractivity contribution in [1.82, 2.24) is 20.4 Å². The number of carbonyl (C=O) groups is 2. The summed E-state index contributed by atoms with van der Waals surface area (Å²) in [7, 11) is 4.07. The van der Waals surface area contributed by atoms with Crippen molar-refractivity contribution in [2.24, 2.45) is 0 Å². The Bertz CT molecular complexity index is 362. The molecule has 3 N–H and O–H groups in total. The van der Waals surface area contributed by atoms with E-state index in [4.69, 9.17) is 5.11 Å². The molecule has 1 saturated heterocycles. The van der Waals surface area contributed by atoms with Gasteiger partial charge in [0.2, 0.25) is 0 Å². The van der Waals surface area contributed by atoms with Crippen LogP contribution < -0.4 is 10.6 Å². The fraction of sp³-hybridized carbons (Fsp3) is 0.692. The number of hydrogen-bond donors (Lipinski definition) is 3. The van der Waals surface area contributed by atoms with E-state index in [1.165, 1.54) is 6.08 Å². The van der Waals surface area contributed by atoms with Crippen LogP contribution in [0.3, 0.4) is 0 Å². The molecule has 0 aliphatic carbocycles. The maximum Gasteiger partial charge on any atom is 0.326 e. The number of carboxylic acid groups (broad SMARTS) is 1. The number of carboxylic acids is 1. The third-order valence-corrected chi connectivity index (χ3v) is 3.48. The van der Waals surface area contributed by atoms with Gasteiger partial charge in [0.05, 0.1) is 0 Å². The van der Waals surface area contributed by atoms with Crippen LogP contribution >= 0.6 is 0 Å². The Hall–Kier alpha value is -1.60. The van der Waals surface area contributed by atoms with Crippen molar-refractivity contribution in [3.8, 4) is 0 Å². The summed E-state index contributed by atoms with van der Waals surface area (Å²) in [6, 6.07) is -1.15. The third-order valence-electron chi connectivity index (χ3n) is 3.48. The molecular formula is C13H24N4O3. The van der Waals surface area contributed by atoms with Crippen molar-refractivity contribution in [3.63, 3.8) is 0 Å². The molecule has 114 valence electrons. The standard InChI is InChI=1S/C13H24N4O3/c1-4-5-11(12(18)19)15-13(20)14-8-10-9-16(2)6-7-17(10)3/h4,10-11H,1,5-9H2,2-3H3,(H,18,19)(H2,14,15,20). The lowest BCUT2D eigenvalue weighted by molar-refractivity contribution is -0.139. The highest BCUT2D eigenvalue weighted by atomic mass is 16.4. The largest absolute Gasteiger partial charge is 0.480 e. The summed E-state index contributed by atoms with van der Waals surface area (Å²) in [6.07, 6.45) is 1.68. The molecule has 1 aliphatic heterocycles. The first-order valence-electron chi connectivity index (χ1n) is 6.71. The Morgan fingerprint density at radius 2 is 2.15 bits per heavy atom. The van der Waals surface area contributed by atoms with Crippen molar-refractivity contribution in [1.29, 1.82) is 0 Å². The van der Waals surface area contributed by atoms with Gasteiger partial charge in [0.25, 0.3) is 0 Å². The molecule has 7 nitrogen and oxygen atoms in total. The Kier molecular flexibility index (Phi) is 6.47. The number of nitrogens with one attached hydrogen (secondary N) is 2. The molecule has 0 aromatic rings. The van der Waals surface area contributed by atoms with Gasteiger partial charge in [0.15, 0.2) is 0 Å². The van der Waals surface area contributed by atoms with Gasteiger partial charge in [-0.25, -0.2) is 9.59 Å². The van der Waals surface area contributed by atoms with Gasteiger partial charge >= 0.3 is 12.0 Å². The van der Waals surface area contributed by atoms with E-state index in [0.717, 1.165) is 19.6 Å². The van der Waals surface area contributed by atoms with Crippen LogP contribution in [0, 0.1) is 0 Å². The van der Waals surface area contributed by atoms with E-state index in [1.54, 1.807) is 0 Å². The zero-order valence-corrected chi connectivity index (χ0v) is 12.1. The lowest BCUT2D eigenvalue weighted by atomic mass is 10.2. The van der Waals surface area contributed by atoms with Crippen molar-refractivity contribution in [2.45, 2.75) is 18.5 Å². The lowest BCUT2D eigenvalue weighted by Crippen LogP contribution is -2.56. The number of urea groups is 1. The SMILES string of the molecule is C=CCC(NC(=O)NCC1CN(C)CCN1C)C(=O)O. The molecule has 0 spiro atoms. The Morgan fingerprint density at radius 3 is 2.75 bits per heavy atom. The van der Waals surface area contributed by atoms with Crippen LogP contribution in [0.1, 0.15) is 6.42 Å². The van der Waals surface area contributed by atoms with Gasteiger partial charge in [-0.2, -0.15) is 0 Å². The fourth-order valence-electron chi connectivity index (χ4n) is 2.13. The molecule has 0 saturated carbocycles. The number of hydrogen-bond acceptors (Lipinski definition) is 4. The van der Waals surface area contributed by atoms with Crippen molar-refractivity contribution in [3.05, 3.63) is 12.7 Å². The number of aliphatic carboxylic acids is 1. The van der Waals surface area contributed by atoms with E-state index in [2.05, 4.69) is 27.0 Å². The van der Waals surface area contributed by atoms with Crippen molar-refractivity contribution in [2.75, 3.05) is 40.3 Å². The second-order valence-electron chi connectivity index (χ2n) is 5.17. The van der Waals surface area contributed by atoms with Crippen molar-refractivity contribution >= 4 is 12.0 Å². The van der Waals surface area contributed by atoms with Gasteiger partial charge in [-0.3, -0.25) is 4.90 Å². The minimum Gasteiger partial charge on any atom is -0.480 e. The predicted octanol–water partition coefficient (Wildman–Crippen LogP) is -0.439. The van der Waals surface area contributed by atoms with Gasteiger partial charge in [-0.05, 0) is 20.5 Å². The zero-order chi connectivity index (χ0) is 15.1. The van der Waals surface area contributed by atoms with E-state index in [9.17, 15) is 9.59 Å². The first-order chi connectivity index (χ1) is 9.43. The maximum atomic E-state index is 11.7. The second kappa shape index (κ2) is 7.86. The van der Waals surface area contributed by atoms with Crippen LogP contribution in [0.15, 0.2) is 12.7 Å². The number of likely N-dealkylation sites (N-methyl/N-ethyl adjacent to an activating group) is 2. The lowest BCUT2D eigenvalue weighted by Gasteiger charge is -2.37. The monoisotopic (exact) mass is 284 g/mol. The molecule has 1 aliphatic rings. The number of nitrogens with zero attached hydrogens (tertiary/aromatic N) is 2. The number of carbonyl (C=O) groups excluding carboxylic acids is 1. The van der Waals surface area contributed by atoms with E-state index in [-0.39, 0.29) is 12.5 Å². The normalized spacial score (nSPS) is 22.0. The summed E-state index contributed by atoms with van der Waals surface area (Å²) in [5, 5.41) is 14.1. The van der Waals surface area contributed by atoms with E-state index < -0.39 is 18.0 Å². The highest BCUT2D eigenvalue weighted by molar-refractivity contribution is 5.82. The summed E-state index contributed by atoms with van der Waals surface area (Å²) in [4.78, 5) is 27.0. The molecule has 1 fully saturated rings. The summed E-state index contributed by atoms with van der Waals surface area (Å²) in [5.74, 6) is -1.06. The summed E-state index contributed by atoms with van der Waals surface area (Å²) in [5.41, 5.74) is 0. The fourth-order valence-corrected chi connectivity index (χ4v) is 2.13. The van der Waals surface area contributed by atoms with Crippen LogP contribution in [0.5, 0.6) is 0 Å². The molecule has 2 amide bonds. The Morgan fingerprint density at radius 1 is 1.45 bits per heavy atom. The van der Waals surface area contributed by atoms with Gasteiger partial charge < -0.3 is 20.6 Å². The Labute approximate surface area is 119 Å². The summed E-state index contributed by atoms with van der Waals surface area (Å²) in [6.45, 7) is 6.83. The molecule has 0 radical (unpaired) electrons. The Balaban J connectivity index is 2.38. The average Bonchev–Trinajstić information content (AvgIpc) is 2.39. The highest BCUT2D eigenvalue weighted by Crippen LogP contribution is 2.04. The molecule has 7 heteroatoms. The third kappa shape index (κ3) is 5.18. The smallest absolute Gasteiger partial charge is 0.326 e.